The van der Waals surface area contributed by atoms with Crippen molar-refractivity contribution in [2.75, 3.05) is 6.61 Å². The number of benzene rings is 1. The van der Waals surface area contributed by atoms with Crippen LogP contribution >= 0.6 is 0 Å². The molecule has 0 saturated heterocycles. The van der Waals surface area contributed by atoms with Gasteiger partial charge in [-0.2, -0.15) is 0 Å². The highest BCUT2D eigenvalue weighted by Crippen LogP contribution is 2.35. The summed E-state index contributed by atoms with van der Waals surface area (Å²) in [5, 5.41) is 0. The molecule has 0 amide bonds. The summed E-state index contributed by atoms with van der Waals surface area (Å²) in [4.78, 5) is 23.0. The van der Waals surface area contributed by atoms with E-state index in [0.717, 1.165) is 5.56 Å². The van der Waals surface area contributed by atoms with E-state index in [1.807, 2.05) is 0 Å². The molecule has 1 aliphatic rings. The van der Waals surface area contributed by atoms with Gasteiger partial charge in [0.2, 0.25) is 0 Å². The standard InChI is InChI=1S/C13H13FO3/c1-2-17-13(16)6-8-5-12(15)11-7-9(14)3-4-10(8)11/h3-4,7-8H,2,5-6H2,1H3/t8-/m1/s1. The fourth-order valence-corrected chi connectivity index (χ4v) is 2.17. The van der Waals surface area contributed by atoms with Crippen LogP contribution in [-0.4, -0.2) is 18.4 Å². The largest absolute Gasteiger partial charge is 0.466 e. The number of Topliss-reactive ketones (excluding diaryl/α,β-unsaturated/α-hetero) is 1. The summed E-state index contributed by atoms with van der Waals surface area (Å²) < 4.78 is 17.9. The SMILES string of the molecule is CCOC(=O)C[C@H]1CC(=O)c2cc(F)ccc21. The lowest BCUT2D eigenvalue weighted by molar-refractivity contribution is -0.143. The minimum atomic E-state index is -0.422. The van der Waals surface area contributed by atoms with E-state index < -0.39 is 5.82 Å². The fraction of sp³-hybridized carbons (Fsp3) is 0.385. The predicted molar refractivity (Wildman–Crippen MR) is 59.3 cm³/mol. The second kappa shape index (κ2) is 4.65. The van der Waals surface area contributed by atoms with E-state index >= 15 is 0 Å². The van der Waals surface area contributed by atoms with Gasteiger partial charge in [-0.15, -0.1) is 0 Å². The van der Waals surface area contributed by atoms with E-state index in [1.165, 1.54) is 12.1 Å². The number of carbonyl (C=O) groups is 2. The van der Waals surface area contributed by atoms with Gasteiger partial charge in [0.05, 0.1) is 13.0 Å². The lowest BCUT2D eigenvalue weighted by Gasteiger charge is -2.09. The Hall–Kier alpha value is -1.71. The Morgan fingerprint density at radius 3 is 3.00 bits per heavy atom. The van der Waals surface area contributed by atoms with Crippen molar-refractivity contribution in [2.24, 2.45) is 0 Å². The lowest BCUT2D eigenvalue weighted by Crippen LogP contribution is -2.08. The second-order valence-corrected chi connectivity index (χ2v) is 4.06. The number of esters is 1. The van der Waals surface area contributed by atoms with Crippen LogP contribution in [0.25, 0.3) is 0 Å². The Labute approximate surface area is 98.6 Å². The molecule has 1 aliphatic carbocycles. The molecule has 0 aliphatic heterocycles. The monoisotopic (exact) mass is 236 g/mol. The van der Waals surface area contributed by atoms with Gasteiger partial charge in [0.25, 0.3) is 0 Å². The maximum atomic E-state index is 13.0. The quantitative estimate of drug-likeness (QED) is 0.757. The molecule has 1 atom stereocenters. The summed E-state index contributed by atoms with van der Waals surface area (Å²) in [6.07, 6.45) is 0.440. The van der Waals surface area contributed by atoms with Crippen LogP contribution in [0.1, 0.15) is 41.6 Å². The Kier molecular flexibility index (Phi) is 3.22. The highest BCUT2D eigenvalue weighted by atomic mass is 19.1. The van der Waals surface area contributed by atoms with Crippen LogP contribution in [-0.2, 0) is 9.53 Å². The molecule has 3 nitrogen and oxygen atoms in total. The van der Waals surface area contributed by atoms with E-state index in [1.54, 1.807) is 13.0 Å². The highest BCUT2D eigenvalue weighted by molar-refractivity contribution is 6.01. The molecule has 4 heteroatoms. The first-order valence-electron chi connectivity index (χ1n) is 5.60. The summed E-state index contributed by atoms with van der Waals surface area (Å²) in [5.74, 6) is -1.01. The van der Waals surface area contributed by atoms with Crippen molar-refractivity contribution in [2.45, 2.75) is 25.7 Å². The van der Waals surface area contributed by atoms with Gasteiger partial charge < -0.3 is 4.74 Å². The van der Waals surface area contributed by atoms with Crippen molar-refractivity contribution in [1.82, 2.24) is 0 Å². The zero-order valence-electron chi connectivity index (χ0n) is 9.53. The van der Waals surface area contributed by atoms with Crippen LogP contribution in [0.15, 0.2) is 18.2 Å². The molecule has 0 heterocycles. The molecule has 2 rings (SSSR count). The van der Waals surface area contributed by atoms with Crippen LogP contribution in [0.4, 0.5) is 4.39 Å². The fourth-order valence-electron chi connectivity index (χ4n) is 2.17. The molecule has 0 N–H and O–H groups in total. The maximum absolute atomic E-state index is 13.0. The molecular weight excluding hydrogens is 223 g/mol. The minimum absolute atomic E-state index is 0.103. The van der Waals surface area contributed by atoms with Gasteiger partial charge in [-0.3, -0.25) is 9.59 Å². The third kappa shape index (κ3) is 2.35. The Bertz CT molecular complexity index is 468. The lowest BCUT2D eigenvalue weighted by atomic mass is 9.98. The number of ether oxygens (including phenoxy) is 1. The number of ketones is 1. The summed E-state index contributed by atoms with van der Waals surface area (Å²) >= 11 is 0. The van der Waals surface area contributed by atoms with Gasteiger partial charge in [0.1, 0.15) is 5.82 Å². The van der Waals surface area contributed by atoms with Gasteiger partial charge in [0.15, 0.2) is 5.78 Å². The van der Waals surface area contributed by atoms with Crippen molar-refractivity contribution in [1.29, 1.82) is 0 Å². The highest BCUT2D eigenvalue weighted by Gasteiger charge is 2.31. The van der Waals surface area contributed by atoms with Crippen LogP contribution in [0, 0.1) is 5.82 Å². The summed E-state index contributed by atoms with van der Waals surface area (Å²) in [5.41, 5.74) is 1.16. The van der Waals surface area contributed by atoms with Gasteiger partial charge >= 0.3 is 5.97 Å². The second-order valence-electron chi connectivity index (χ2n) is 4.06. The Morgan fingerprint density at radius 1 is 1.53 bits per heavy atom. The van der Waals surface area contributed by atoms with Crippen molar-refractivity contribution in [3.05, 3.63) is 35.1 Å². The average Bonchev–Trinajstić information content (AvgIpc) is 2.56. The molecule has 90 valence electrons. The smallest absolute Gasteiger partial charge is 0.306 e. The maximum Gasteiger partial charge on any atom is 0.306 e. The third-order valence-electron chi connectivity index (χ3n) is 2.91. The van der Waals surface area contributed by atoms with Crippen molar-refractivity contribution >= 4 is 11.8 Å². The van der Waals surface area contributed by atoms with Gasteiger partial charge in [-0.05, 0) is 24.6 Å². The normalized spacial score (nSPS) is 18.0. The van der Waals surface area contributed by atoms with Crippen molar-refractivity contribution in [3.63, 3.8) is 0 Å². The molecular formula is C13H13FO3. The average molecular weight is 236 g/mol. The number of carbonyl (C=O) groups excluding carboxylic acids is 2. The first kappa shape index (κ1) is 11.8. The van der Waals surface area contributed by atoms with E-state index in [4.69, 9.17) is 4.74 Å². The minimum Gasteiger partial charge on any atom is -0.466 e. The van der Waals surface area contributed by atoms with E-state index in [-0.39, 0.29) is 30.5 Å². The molecule has 0 saturated carbocycles. The summed E-state index contributed by atoms with van der Waals surface area (Å²) in [7, 11) is 0. The van der Waals surface area contributed by atoms with Gasteiger partial charge in [-0.25, -0.2) is 4.39 Å². The zero-order chi connectivity index (χ0) is 12.4. The van der Waals surface area contributed by atoms with E-state index in [0.29, 0.717) is 12.2 Å². The van der Waals surface area contributed by atoms with Crippen LogP contribution in [0.5, 0.6) is 0 Å². The molecule has 0 unspecified atom stereocenters. The predicted octanol–water partition coefficient (Wildman–Crippen LogP) is 2.45. The third-order valence-corrected chi connectivity index (χ3v) is 2.91. The van der Waals surface area contributed by atoms with Crippen LogP contribution in [0.3, 0.4) is 0 Å². The Balaban J connectivity index is 2.19. The molecule has 0 fully saturated rings. The van der Waals surface area contributed by atoms with Crippen LogP contribution < -0.4 is 0 Å². The zero-order valence-corrected chi connectivity index (χ0v) is 9.53. The molecule has 0 spiro atoms. The number of fused-ring (bicyclic) bond motifs is 1. The first-order valence-corrected chi connectivity index (χ1v) is 5.60. The Morgan fingerprint density at radius 2 is 2.29 bits per heavy atom. The molecule has 1 aromatic rings. The van der Waals surface area contributed by atoms with E-state index in [9.17, 15) is 14.0 Å². The molecule has 17 heavy (non-hydrogen) atoms. The van der Waals surface area contributed by atoms with E-state index in [2.05, 4.69) is 0 Å². The topological polar surface area (TPSA) is 43.4 Å². The molecule has 0 radical (unpaired) electrons. The molecule has 0 aromatic heterocycles. The number of hydrogen-bond donors (Lipinski definition) is 0. The first-order chi connectivity index (χ1) is 8.11. The van der Waals surface area contributed by atoms with Crippen molar-refractivity contribution < 1.29 is 18.7 Å². The van der Waals surface area contributed by atoms with Crippen LogP contribution in [0.2, 0.25) is 0 Å². The van der Waals surface area contributed by atoms with Gasteiger partial charge in [-0.1, -0.05) is 6.07 Å². The molecule has 1 aromatic carbocycles. The molecule has 0 bridgehead atoms. The number of rotatable bonds is 3. The van der Waals surface area contributed by atoms with Crippen molar-refractivity contribution in [3.8, 4) is 0 Å². The summed E-state index contributed by atoms with van der Waals surface area (Å²) in [6, 6.07) is 4.14. The number of hydrogen-bond acceptors (Lipinski definition) is 3. The number of halogens is 1. The summed E-state index contributed by atoms with van der Waals surface area (Å²) in [6.45, 7) is 2.07. The van der Waals surface area contributed by atoms with Gasteiger partial charge in [0, 0.05) is 17.9 Å².